The van der Waals surface area contributed by atoms with Crippen LogP contribution >= 0.6 is 11.3 Å². The first-order chi connectivity index (χ1) is 15.1. The van der Waals surface area contributed by atoms with E-state index in [1.807, 2.05) is 61.5 Å². The molecule has 2 aromatic carbocycles. The summed E-state index contributed by atoms with van der Waals surface area (Å²) in [6.45, 7) is 3.43. The Morgan fingerprint density at radius 2 is 1.84 bits per heavy atom. The van der Waals surface area contributed by atoms with E-state index in [0.717, 1.165) is 38.5 Å². The van der Waals surface area contributed by atoms with Gasteiger partial charge in [-0.1, -0.05) is 18.2 Å². The second-order valence-electron chi connectivity index (χ2n) is 7.43. The van der Waals surface area contributed by atoms with Crippen LogP contribution in [0.15, 0.2) is 54.6 Å². The van der Waals surface area contributed by atoms with Gasteiger partial charge in [0, 0.05) is 23.0 Å². The Kier molecular flexibility index (Phi) is 5.03. The van der Waals surface area contributed by atoms with Crippen molar-refractivity contribution in [3.8, 4) is 21.9 Å². The Hall–Kier alpha value is -3.45. The lowest BCUT2D eigenvalue weighted by molar-refractivity contribution is 0.0786. The average molecular weight is 432 g/mol. The van der Waals surface area contributed by atoms with Gasteiger partial charge in [0.2, 0.25) is 0 Å². The molecule has 0 bridgehead atoms. The molecule has 5 rings (SSSR count). The summed E-state index contributed by atoms with van der Waals surface area (Å²) in [5, 5.41) is 1.03. The molecule has 1 amide bonds. The van der Waals surface area contributed by atoms with Crippen molar-refractivity contribution in [2.45, 2.75) is 13.5 Å². The zero-order valence-corrected chi connectivity index (χ0v) is 18.1. The summed E-state index contributed by atoms with van der Waals surface area (Å²) in [5.74, 6) is 2.08. The Bertz CT molecular complexity index is 1280. The van der Waals surface area contributed by atoms with E-state index in [0.29, 0.717) is 30.5 Å². The number of ether oxygens (including phenoxy) is 2. The fourth-order valence-electron chi connectivity index (χ4n) is 3.64. The molecule has 1 aliphatic rings. The van der Waals surface area contributed by atoms with Gasteiger partial charge in [0.05, 0.1) is 16.9 Å². The molecule has 2 aromatic heterocycles. The van der Waals surface area contributed by atoms with Crippen molar-refractivity contribution >= 4 is 28.1 Å². The van der Waals surface area contributed by atoms with E-state index in [-0.39, 0.29) is 5.91 Å². The normalized spacial score (nSPS) is 12.7. The number of benzene rings is 2. The third kappa shape index (κ3) is 3.84. The predicted molar refractivity (Wildman–Crippen MR) is 121 cm³/mol. The molecule has 0 spiro atoms. The van der Waals surface area contributed by atoms with Crippen LogP contribution in [0.25, 0.3) is 21.3 Å². The number of thiophene rings is 1. The lowest BCUT2D eigenvalue weighted by Gasteiger charge is -2.18. The average Bonchev–Trinajstić information content (AvgIpc) is 3.28. The molecule has 156 valence electrons. The summed E-state index contributed by atoms with van der Waals surface area (Å²) >= 11 is 1.46. The maximum absolute atomic E-state index is 13.0. The van der Waals surface area contributed by atoms with Gasteiger partial charge in [0.1, 0.15) is 19.0 Å². The third-order valence-corrected chi connectivity index (χ3v) is 6.33. The lowest BCUT2D eigenvalue weighted by Crippen LogP contribution is -2.26. The van der Waals surface area contributed by atoms with Gasteiger partial charge in [-0.05, 0) is 48.9 Å². The molecule has 31 heavy (non-hydrogen) atoms. The Labute approximate surface area is 184 Å². The molecule has 7 heteroatoms. The van der Waals surface area contributed by atoms with Crippen molar-refractivity contribution < 1.29 is 14.3 Å². The standard InChI is InChI=1S/C24H21N3O3S/c1-15-17-5-3-4-6-18(17)26-23(25-15)14-27(2)24(28)22-10-9-21(31-22)16-7-8-19-20(13-16)30-12-11-29-19/h3-10,13H,11-12,14H2,1-2H3. The quantitative estimate of drug-likeness (QED) is 0.468. The van der Waals surface area contributed by atoms with Crippen LogP contribution in [0.1, 0.15) is 21.2 Å². The lowest BCUT2D eigenvalue weighted by atomic mass is 10.1. The van der Waals surface area contributed by atoms with Crippen molar-refractivity contribution in [3.05, 3.63) is 71.0 Å². The number of para-hydroxylation sites is 1. The molecule has 0 unspecified atom stereocenters. The van der Waals surface area contributed by atoms with Crippen LogP contribution in [0.4, 0.5) is 0 Å². The zero-order valence-electron chi connectivity index (χ0n) is 17.3. The number of carbonyl (C=O) groups excluding carboxylic acids is 1. The maximum Gasteiger partial charge on any atom is 0.264 e. The van der Waals surface area contributed by atoms with Crippen LogP contribution in [0.5, 0.6) is 11.5 Å². The smallest absolute Gasteiger partial charge is 0.264 e. The van der Waals surface area contributed by atoms with E-state index in [2.05, 4.69) is 9.97 Å². The molecule has 0 radical (unpaired) electrons. The van der Waals surface area contributed by atoms with E-state index in [1.54, 1.807) is 11.9 Å². The molecule has 6 nitrogen and oxygen atoms in total. The number of hydrogen-bond donors (Lipinski definition) is 0. The Morgan fingerprint density at radius 1 is 1.03 bits per heavy atom. The van der Waals surface area contributed by atoms with E-state index < -0.39 is 0 Å². The van der Waals surface area contributed by atoms with Crippen LogP contribution in [0.2, 0.25) is 0 Å². The molecule has 0 saturated carbocycles. The summed E-state index contributed by atoms with van der Waals surface area (Å²) < 4.78 is 11.3. The second-order valence-corrected chi connectivity index (χ2v) is 8.51. The van der Waals surface area contributed by atoms with Gasteiger partial charge in [0.15, 0.2) is 11.5 Å². The van der Waals surface area contributed by atoms with Crippen molar-refractivity contribution in [1.82, 2.24) is 14.9 Å². The number of aromatic nitrogens is 2. The molecule has 0 N–H and O–H groups in total. The molecule has 0 saturated heterocycles. The van der Waals surface area contributed by atoms with Crippen LogP contribution in [-0.4, -0.2) is 41.0 Å². The number of aryl methyl sites for hydroxylation is 1. The molecule has 3 heterocycles. The highest BCUT2D eigenvalue weighted by Gasteiger charge is 2.18. The van der Waals surface area contributed by atoms with Gasteiger partial charge in [-0.2, -0.15) is 0 Å². The molecule has 0 aliphatic carbocycles. The summed E-state index contributed by atoms with van der Waals surface area (Å²) in [7, 11) is 1.78. The molecule has 1 aliphatic heterocycles. The van der Waals surface area contributed by atoms with E-state index in [1.165, 1.54) is 11.3 Å². The van der Waals surface area contributed by atoms with Gasteiger partial charge in [-0.3, -0.25) is 4.79 Å². The highest BCUT2D eigenvalue weighted by Crippen LogP contribution is 2.37. The maximum atomic E-state index is 13.0. The fraction of sp³-hybridized carbons (Fsp3) is 0.208. The first kappa shape index (κ1) is 19.5. The summed E-state index contributed by atoms with van der Waals surface area (Å²) in [6.07, 6.45) is 0. The largest absolute Gasteiger partial charge is 0.486 e. The molecule has 4 aromatic rings. The molecule has 0 atom stereocenters. The molecular formula is C24H21N3O3S. The van der Waals surface area contributed by atoms with Crippen LogP contribution in [-0.2, 0) is 6.54 Å². The summed E-state index contributed by atoms with van der Waals surface area (Å²) in [4.78, 5) is 25.5. The highest BCUT2D eigenvalue weighted by atomic mass is 32.1. The Balaban J connectivity index is 1.34. The summed E-state index contributed by atoms with van der Waals surface area (Å²) in [5.41, 5.74) is 2.81. The van der Waals surface area contributed by atoms with Crippen molar-refractivity contribution in [1.29, 1.82) is 0 Å². The SMILES string of the molecule is Cc1nc(CN(C)C(=O)c2ccc(-c3ccc4c(c3)OCCO4)s2)nc2ccccc12. The van der Waals surface area contributed by atoms with Gasteiger partial charge >= 0.3 is 0 Å². The highest BCUT2D eigenvalue weighted by molar-refractivity contribution is 7.17. The van der Waals surface area contributed by atoms with Crippen LogP contribution in [0.3, 0.4) is 0 Å². The third-order valence-electron chi connectivity index (χ3n) is 5.21. The van der Waals surface area contributed by atoms with Gasteiger partial charge in [-0.15, -0.1) is 11.3 Å². The number of rotatable bonds is 4. The fourth-order valence-corrected chi connectivity index (χ4v) is 4.64. The Morgan fingerprint density at radius 3 is 2.71 bits per heavy atom. The second kappa shape index (κ2) is 8.00. The zero-order chi connectivity index (χ0) is 21.4. The van der Waals surface area contributed by atoms with Gasteiger partial charge in [0.25, 0.3) is 5.91 Å². The molecular weight excluding hydrogens is 410 g/mol. The molecule has 0 fully saturated rings. The van der Waals surface area contributed by atoms with E-state index >= 15 is 0 Å². The summed E-state index contributed by atoms with van der Waals surface area (Å²) in [6, 6.07) is 17.6. The van der Waals surface area contributed by atoms with Crippen molar-refractivity contribution in [2.24, 2.45) is 0 Å². The van der Waals surface area contributed by atoms with Crippen LogP contribution in [0, 0.1) is 6.92 Å². The van der Waals surface area contributed by atoms with Gasteiger partial charge in [-0.25, -0.2) is 9.97 Å². The minimum absolute atomic E-state index is 0.0526. The minimum atomic E-state index is -0.0526. The number of amides is 1. The number of carbonyl (C=O) groups is 1. The van der Waals surface area contributed by atoms with Gasteiger partial charge < -0.3 is 14.4 Å². The number of fused-ring (bicyclic) bond motifs is 2. The minimum Gasteiger partial charge on any atom is -0.486 e. The predicted octanol–water partition coefficient (Wildman–Crippen LogP) is 4.71. The number of hydrogen-bond acceptors (Lipinski definition) is 6. The number of nitrogens with zero attached hydrogens (tertiary/aromatic N) is 3. The van der Waals surface area contributed by atoms with E-state index in [4.69, 9.17) is 9.47 Å². The topological polar surface area (TPSA) is 64.6 Å². The van der Waals surface area contributed by atoms with Crippen molar-refractivity contribution in [3.63, 3.8) is 0 Å². The van der Waals surface area contributed by atoms with Crippen molar-refractivity contribution in [2.75, 3.05) is 20.3 Å². The first-order valence-electron chi connectivity index (χ1n) is 10.1. The first-order valence-corrected chi connectivity index (χ1v) is 10.9. The monoisotopic (exact) mass is 431 g/mol. The van der Waals surface area contributed by atoms with Crippen LogP contribution < -0.4 is 9.47 Å². The van der Waals surface area contributed by atoms with E-state index in [9.17, 15) is 4.79 Å².